The minimum absolute atomic E-state index is 0.181. The fourth-order valence-electron chi connectivity index (χ4n) is 2.19. The van der Waals surface area contributed by atoms with Crippen LogP contribution in [0.15, 0.2) is 35.2 Å². The highest BCUT2D eigenvalue weighted by Gasteiger charge is 2.28. The molecule has 22 heavy (non-hydrogen) atoms. The van der Waals surface area contributed by atoms with Crippen molar-refractivity contribution < 1.29 is 13.2 Å². The molecule has 1 fully saturated rings. The summed E-state index contributed by atoms with van der Waals surface area (Å²) in [6, 6.07) is 7.62. The van der Waals surface area contributed by atoms with Crippen molar-refractivity contribution in [1.29, 1.82) is 0 Å². The largest absolute Gasteiger partial charge is 0.352 e. The first-order valence-corrected chi connectivity index (χ1v) is 10.3. The second-order valence-corrected chi connectivity index (χ2v) is 8.10. The molecule has 1 aliphatic carbocycles. The zero-order chi connectivity index (χ0) is 16.0. The Morgan fingerprint density at radius 2 is 2.00 bits per heavy atom. The van der Waals surface area contributed by atoms with E-state index in [0.29, 0.717) is 6.42 Å². The molecule has 1 amide bonds. The van der Waals surface area contributed by atoms with Crippen molar-refractivity contribution in [3.63, 3.8) is 0 Å². The Bertz CT molecular complexity index is 586. The van der Waals surface area contributed by atoms with Gasteiger partial charge < -0.3 is 5.32 Å². The van der Waals surface area contributed by atoms with Gasteiger partial charge in [0.15, 0.2) is 0 Å². The van der Waals surface area contributed by atoms with Crippen LogP contribution in [0.3, 0.4) is 0 Å². The maximum absolute atomic E-state index is 12.4. The lowest BCUT2D eigenvalue weighted by atomic mass is 9.93. The van der Waals surface area contributed by atoms with Crippen molar-refractivity contribution in [1.82, 2.24) is 10.0 Å². The molecular weight excluding hydrogens is 320 g/mol. The SMILES string of the molecule is CSCCC(NS(=O)(=O)c1ccccc1)C(=O)NC1CCC1. The summed E-state index contributed by atoms with van der Waals surface area (Å²) in [5.41, 5.74) is 0. The number of nitrogens with one attached hydrogen (secondary N) is 2. The summed E-state index contributed by atoms with van der Waals surface area (Å²) in [6.07, 6.45) is 5.49. The van der Waals surface area contributed by atoms with Crippen LogP contribution in [-0.4, -0.2) is 38.4 Å². The van der Waals surface area contributed by atoms with Crippen LogP contribution < -0.4 is 10.0 Å². The molecule has 0 heterocycles. The van der Waals surface area contributed by atoms with Gasteiger partial charge in [0.2, 0.25) is 15.9 Å². The third-order valence-corrected chi connectivity index (χ3v) is 5.86. The van der Waals surface area contributed by atoms with E-state index in [-0.39, 0.29) is 16.8 Å². The van der Waals surface area contributed by atoms with E-state index in [0.717, 1.165) is 25.0 Å². The molecule has 122 valence electrons. The number of rotatable bonds is 8. The van der Waals surface area contributed by atoms with Crippen LogP contribution in [0.5, 0.6) is 0 Å². The standard InChI is InChI=1S/C15H22N2O3S2/c1-21-11-10-14(15(18)16-12-6-5-7-12)17-22(19,20)13-8-3-2-4-9-13/h2-4,8-9,12,14,17H,5-7,10-11H2,1H3,(H,16,18). The number of benzene rings is 1. The smallest absolute Gasteiger partial charge is 0.241 e. The molecule has 2 rings (SSSR count). The first kappa shape index (κ1) is 17.3. The van der Waals surface area contributed by atoms with Gasteiger partial charge in [-0.2, -0.15) is 16.5 Å². The molecule has 1 aliphatic rings. The van der Waals surface area contributed by atoms with E-state index in [1.807, 2.05) is 6.26 Å². The van der Waals surface area contributed by atoms with Crippen LogP contribution in [0, 0.1) is 0 Å². The predicted octanol–water partition coefficient (Wildman–Crippen LogP) is 1.76. The molecule has 0 saturated heterocycles. The minimum atomic E-state index is -3.68. The Morgan fingerprint density at radius 1 is 1.32 bits per heavy atom. The number of carbonyl (C=O) groups excluding carboxylic acids is 1. The number of amides is 1. The fourth-order valence-corrected chi connectivity index (χ4v) is 3.91. The summed E-state index contributed by atoms with van der Waals surface area (Å²) in [5, 5.41) is 2.92. The summed E-state index contributed by atoms with van der Waals surface area (Å²) < 4.78 is 27.3. The predicted molar refractivity (Wildman–Crippen MR) is 89.3 cm³/mol. The second kappa shape index (κ2) is 7.99. The van der Waals surface area contributed by atoms with E-state index in [1.165, 1.54) is 12.1 Å². The van der Waals surface area contributed by atoms with Crippen LogP contribution in [0.2, 0.25) is 0 Å². The van der Waals surface area contributed by atoms with Gasteiger partial charge in [0.1, 0.15) is 6.04 Å². The summed E-state index contributed by atoms with van der Waals surface area (Å²) in [7, 11) is -3.68. The summed E-state index contributed by atoms with van der Waals surface area (Å²) in [6.45, 7) is 0. The quantitative estimate of drug-likeness (QED) is 0.755. The Hall–Kier alpha value is -1.05. The molecular formula is C15H22N2O3S2. The normalized spacial score (nSPS) is 16.8. The highest BCUT2D eigenvalue weighted by Crippen LogP contribution is 2.18. The third-order valence-electron chi connectivity index (χ3n) is 3.73. The van der Waals surface area contributed by atoms with E-state index in [1.54, 1.807) is 30.0 Å². The van der Waals surface area contributed by atoms with E-state index in [2.05, 4.69) is 10.0 Å². The molecule has 1 atom stereocenters. The van der Waals surface area contributed by atoms with Crippen LogP contribution in [0.25, 0.3) is 0 Å². The monoisotopic (exact) mass is 342 g/mol. The molecule has 1 unspecified atom stereocenters. The van der Waals surface area contributed by atoms with Gasteiger partial charge in [-0.1, -0.05) is 18.2 Å². The third kappa shape index (κ3) is 4.72. The van der Waals surface area contributed by atoms with Crippen LogP contribution in [0.4, 0.5) is 0 Å². The molecule has 0 aliphatic heterocycles. The zero-order valence-corrected chi connectivity index (χ0v) is 14.3. The fraction of sp³-hybridized carbons (Fsp3) is 0.533. The second-order valence-electron chi connectivity index (χ2n) is 5.40. The van der Waals surface area contributed by atoms with Gasteiger partial charge >= 0.3 is 0 Å². The number of carbonyl (C=O) groups is 1. The highest BCUT2D eigenvalue weighted by molar-refractivity contribution is 7.98. The Labute approximate surface area is 136 Å². The van der Waals surface area contributed by atoms with Gasteiger partial charge in [-0.3, -0.25) is 4.79 Å². The first-order valence-electron chi connectivity index (χ1n) is 7.39. The van der Waals surface area contributed by atoms with Crippen LogP contribution >= 0.6 is 11.8 Å². The molecule has 0 radical (unpaired) electrons. The van der Waals surface area contributed by atoms with Crippen molar-refractivity contribution >= 4 is 27.7 Å². The summed E-state index contributed by atoms with van der Waals surface area (Å²) >= 11 is 1.59. The Kier molecular flexibility index (Phi) is 6.28. The van der Waals surface area contributed by atoms with E-state index in [9.17, 15) is 13.2 Å². The van der Waals surface area contributed by atoms with E-state index in [4.69, 9.17) is 0 Å². The lowest BCUT2D eigenvalue weighted by Crippen LogP contribution is -2.51. The van der Waals surface area contributed by atoms with Crippen LogP contribution in [-0.2, 0) is 14.8 Å². The summed E-state index contributed by atoms with van der Waals surface area (Å²) in [4.78, 5) is 12.5. The molecule has 5 nitrogen and oxygen atoms in total. The zero-order valence-electron chi connectivity index (χ0n) is 12.6. The van der Waals surface area contributed by atoms with Gasteiger partial charge in [0.05, 0.1) is 4.90 Å². The van der Waals surface area contributed by atoms with E-state index >= 15 is 0 Å². The Morgan fingerprint density at radius 3 is 2.55 bits per heavy atom. The van der Waals surface area contributed by atoms with Crippen LogP contribution in [0.1, 0.15) is 25.7 Å². The van der Waals surface area contributed by atoms with Gasteiger partial charge in [-0.25, -0.2) is 8.42 Å². The van der Waals surface area contributed by atoms with Gasteiger partial charge in [-0.15, -0.1) is 0 Å². The van der Waals surface area contributed by atoms with E-state index < -0.39 is 16.1 Å². The maximum atomic E-state index is 12.4. The lowest BCUT2D eigenvalue weighted by Gasteiger charge is -2.28. The summed E-state index contributed by atoms with van der Waals surface area (Å²) in [5.74, 6) is 0.498. The molecule has 2 N–H and O–H groups in total. The minimum Gasteiger partial charge on any atom is -0.352 e. The number of sulfonamides is 1. The average Bonchev–Trinajstić information content (AvgIpc) is 2.48. The molecule has 1 saturated carbocycles. The van der Waals surface area contributed by atoms with Crippen molar-refractivity contribution in [2.24, 2.45) is 0 Å². The van der Waals surface area contributed by atoms with Crippen molar-refractivity contribution in [2.75, 3.05) is 12.0 Å². The van der Waals surface area contributed by atoms with Gasteiger partial charge in [-0.05, 0) is 49.8 Å². The van der Waals surface area contributed by atoms with Gasteiger partial charge in [0.25, 0.3) is 0 Å². The van der Waals surface area contributed by atoms with Crippen molar-refractivity contribution in [3.8, 4) is 0 Å². The van der Waals surface area contributed by atoms with Crippen molar-refractivity contribution in [2.45, 2.75) is 42.7 Å². The molecule has 7 heteroatoms. The highest BCUT2D eigenvalue weighted by atomic mass is 32.2. The molecule has 1 aromatic carbocycles. The maximum Gasteiger partial charge on any atom is 0.241 e. The topological polar surface area (TPSA) is 75.3 Å². The number of thioether (sulfide) groups is 1. The molecule has 0 spiro atoms. The number of hydrogen-bond acceptors (Lipinski definition) is 4. The first-order chi connectivity index (χ1) is 10.5. The molecule has 1 aromatic rings. The molecule has 0 bridgehead atoms. The van der Waals surface area contributed by atoms with Crippen molar-refractivity contribution in [3.05, 3.63) is 30.3 Å². The lowest BCUT2D eigenvalue weighted by molar-refractivity contribution is -0.124. The number of hydrogen-bond donors (Lipinski definition) is 2. The molecule has 0 aromatic heterocycles. The van der Waals surface area contributed by atoms with Gasteiger partial charge in [0, 0.05) is 6.04 Å². The average molecular weight is 342 g/mol. The Balaban J connectivity index is 2.06.